The van der Waals surface area contributed by atoms with Crippen LogP contribution in [0.25, 0.3) is 0 Å². The Bertz CT molecular complexity index is 697. The minimum atomic E-state index is -0.235. The molecular formula is C20H24FNO2. The van der Waals surface area contributed by atoms with Crippen molar-refractivity contribution < 1.29 is 13.9 Å². The fourth-order valence-corrected chi connectivity index (χ4v) is 2.62. The second-order valence-electron chi connectivity index (χ2n) is 5.95. The fraction of sp³-hybridized carbons (Fsp3) is 0.350. The number of carbonyl (C=O) groups is 1. The predicted molar refractivity (Wildman–Crippen MR) is 93.9 cm³/mol. The van der Waals surface area contributed by atoms with E-state index in [4.69, 9.17) is 4.74 Å². The molecule has 0 saturated carbocycles. The molecule has 0 heterocycles. The summed E-state index contributed by atoms with van der Waals surface area (Å²) in [5.74, 6) is 0.593. The Balaban J connectivity index is 2.22. The molecule has 0 N–H and O–H groups in total. The lowest BCUT2D eigenvalue weighted by Gasteiger charge is -2.26. The Labute approximate surface area is 143 Å². The first-order valence-electron chi connectivity index (χ1n) is 8.14. The molecule has 0 aliphatic heterocycles. The van der Waals surface area contributed by atoms with Crippen LogP contribution in [-0.4, -0.2) is 24.3 Å². The highest BCUT2D eigenvalue weighted by atomic mass is 19.1. The zero-order valence-electron chi connectivity index (χ0n) is 14.7. The highest BCUT2D eigenvalue weighted by Crippen LogP contribution is 2.26. The Morgan fingerprint density at radius 3 is 2.46 bits per heavy atom. The van der Waals surface area contributed by atoms with Gasteiger partial charge in [0, 0.05) is 23.7 Å². The molecule has 1 unspecified atom stereocenters. The molecule has 1 atom stereocenters. The summed E-state index contributed by atoms with van der Waals surface area (Å²) in [5, 5.41) is 0. The summed E-state index contributed by atoms with van der Waals surface area (Å²) in [6.07, 6.45) is 0. The van der Waals surface area contributed by atoms with Crippen molar-refractivity contribution in [2.24, 2.45) is 0 Å². The van der Waals surface area contributed by atoms with Crippen LogP contribution in [0.1, 0.15) is 48.3 Å². The van der Waals surface area contributed by atoms with Crippen LogP contribution in [0.15, 0.2) is 42.5 Å². The van der Waals surface area contributed by atoms with Crippen molar-refractivity contribution in [3.8, 4) is 5.75 Å². The standard InChI is InChI=1S/C20H24FNO2/c1-5-24-20-11-8-17(15(3)23)12-18(20)13-22(4)14(2)16-6-9-19(21)10-7-16/h6-12,14H,5,13H2,1-4H3. The molecule has 0 saturated heterocycles. The summed E-state index contributed by atoms with van der Waals surface area (Å²) in [6.45, 7) is 6.78. The molecule has 4 heteroatoms. The minimum Gasteiger partial charge on any atom is -0.494 e. The van der Waals surface area contributed by atoms with E-state index in [1.54, 1.807) is 25.1 Å². The number of benzene rings is 2. The molecule has 0 amide bonds. The van der Waals surface area contributed by atoms with Crippen LogP contribution in [0.5, 0.6) is 5.75 Å². The zero-order valence-corrected chi connectivity index (χ0v) is 14.7. The predicted octanol–water partition coefficient (Wildman–Crippen LogP) is 4.62. The van der Waals surface area contributed by atoms with E-state index in [1.807, 2.05) is 26.1 Å². The normalized spacial score (nSPS) is 12.2. The van der Waals surface area contributed by atoms with Crippen LogP contribution in [0, 0.1) is 5.82 Å². The number of ether oxygens (including phenoxy) is 1. The van der Waals surface area contributed by atoms with Crippen LogP contribution >= 0.6 is 0 Å². The Kier molecular flexibility index (Phi) is 6.10. The quantitative estimate of drug-likeness (QED) is 0.694. The first kappa shape index (κ1) is 18.1. The molecule has 2 aromatic rings. The van der Waals surface area contributed by atoms with Gasteiger partial charge in [0.2, 0.25) is 0 Å². The molecule has 0 aromatic heterocycles. The Hall–Kier alpha value is -2.20. The van der Waals surface area contributed by atoms with Crippen LogP contribution in [0.2, 0.25) is 0 Å². The Morgan fingerprint density at radius 1 is 1.21 bits per heavy atom. The number of Topliss-reactive ketones (excluding diaryl/α,β-unsaturated/α-hetero) is 1. The third-order valence-corrected chi connectivity index (χ3v) is 4.20. The van der Waals surface area contributed by atoms with E-state index >= 15 is 0 Å². The van der Waals surface area contributed by atoms with E-state index in [0.29, 0.717) is 18.7 Å². The van der Waals surface area contributed by atoms with Crippen LogP contribution in [0.4, 0.5) is 4.39 Å². The van der Waals surface area contributed by atoms with Crippen molar-refractivity contribution in [3.05, 3.63) is 65.0 Å². The summed E-state index contributed by atoms with van der Waals surface area (Å²) in [7, 11) is 2.00. The van der Waals surface area contributed by atoms with E-state index in [0.717, 1.165) is 16.9 Å². The van der Waals surface area contributed by atoms with Crippen molar-refractivity contribution in [2.75, 3.05) is 13.7 Å². The Morgan fingerprint density at radius 2 is 1.88 bits per heavy atom. The van der Waals surface area contributed by atoms with Gasteiger partial charge in [0.25, 0.3) is 0 Å². The molecule has 0 spiro atoms. The fourth-order valence-electron chi connectivity index (χ4n) is 2.62. The van der Waals surface area contributed by atoms with E-state index in [1.165, 1.54) is 12.1 Å². The smallest absolute Gasteiger partial charge is 0.159 e. The van der Waals surface area contributed by atoms with Crippen molar-refractivity contribution in [3.63, 3.8) is 0 Å². The minimum absolute atomic E-state index is 0.0357. The third kappa shape index (κ3) is 4.42. The molecular weight excluding hydrogens is 305 g/mol. The van der Waals surface area contributed by atoms with E-state index in [2.05, 4.69) is 11.8 Å². The second kappa shape index (κ2) is 8.06. The molecule has 3 nitrogen and oxygen atoms in total. The van der Waals surface area contributed by atoms with E-state index < -0.39 is 0 Å². The average molecular weight is 329 g/mol. The van der Waals surface area contributed by atoms with Gasteiger partial charge in [-0.3, -0.25) is 9.69 Å². The first-order valence-corrected chi connectivity index (χ1v) is 8.14. The van der Waals surface area contributed by atoms with Crippen molar-refractivity contribution in [1.29, 1.82) is 0 Å². The van der Waals surface area contributed by atoms with Gasteiger partial charge in [0.1, 0.15) is 11.6 Å². The highest BCUT2D eigenvalue weighted by Gasteiger charge is 2.15. The number of nitrogens with zero attached hydrogens (tertiary/aromatic N) is 1. The maximum atomic E-state index is 13.1. The number of hydrogen-bond donors (Lipinski definition) is 0. The maximum Gasteiger partial charge on any atom is 0.159 e. The molecule has 2 aromatic carbocycles. The lowest BCUT2D eigenvalue weighted by atomic mass is 10.0. The maximum absolute atomic E-state index is 13.1. The number of hydrogen-bond acceptors (Lipinski definition) is 3. The summed E-state index contributed by atoms with van der Waals surface area (Å²) < 4.78 is 18.8. The van der Waals surface area contributed by atoms with E-state index in [9.17, 15) is 9.18 Å². The van der Waals surface area contributed by atoms with Gasteiger partial charge in [-0.15, -0.1) is 0 Å². The summed E-state index contributed by atoms with van der Waals surface area (Å²) in [4.78, 5) is 13.8. The number of carbonyl (C=O) groups excluding carboxylic acids is 1. The average Bonchev–Trinajstić information content (AvgIpc) is 2.56. The van der Waals surface area contributed by atoms with Gasteiger partial charge in [0.15, 0.2) is 5.78 Å². The van der Waals surface area contributed by atoms with Gasteiger partial charge >= 0.3 is 0 Å². The van der Waals surface area contributed by atoms with Gasteiger partial charge in [-0.05, 0) is 63.7 Å². The summed E-state index contributed by atoms with van der Waals surface area (Å²) in [6, 6.07) is 12.2. The van der Waals surface area contributed by atoms with Gasteiger partial charge in [-0.25, -0.2) is 4.39 Å². The lowest BCUT2D eigenvalue weighted by Crippen LogP contribution is -2.22. The molecule has 2 rings (SSSR count). The molecule has 24 heavy (non-hydrogen) atoms. The van der Waals surface area contributed by atoms with Gasteiger partial charge < -0.3 is 4.74 Å². The van der Waals surface area contributed by atoms with Crippen LogP contribution in [-0.2, 0) is 6.54 Å². The topological polar surface area (TPSA) is 29.5 Å². The third-order valence-electron chi connectivity index (χ3n) is 4.20. The van der Waals surface area contributed by atoms with Crippen molar-refractivity contribution in [1.82, 2.24) is 4.90 Å². The highest BCUT2D eigenvalue weighted by molar-refractivity contribution is 5.94. The molecule has 128 valence electrons. The van der Waals surface area contributed by atoms with Crippen LogP contribution in [0.3, 0.4) is 0 Å². The van der Waals surface area contributed by atoms with Gasteiger partial charge in [-0.1, -0.05) is 12.1 Å². The zero-order chi connectivity index (χ0) is 17.7. The van der Waals surface area contributed by atoms with Crippen molar-refractivity contribution in [2.45, 2.75) is 33.4 Å². The number of halogens is 1. The molecule has 0 fully saturated rings. The van der Waals surface area contributed by atoms with E-state index in [-0.39, 0.29) is 17.6 Å². The molecule has 0 aliphatic carbocycles. The lowest BCUT2D eigenvalue weighted by molar-refractivity contribution is 0.101. The van der Waals surface area contributed by atoms with Gasteiger partial charge in [-0.2, -0.15) is 0 Å². The summed E-state index contributed by atoms with van der Waals surface area (Å²) in [5.41, 5.74) is 2.69. The monoisotopic (exact) mass is 329 g/mol. The van der Waals surface area contributed by atoms with Crippen molar-refractivity contribution >= 4 is 5.78 Å². The first-order chi connectivity index (χ1) is 11.4. The van der Waals surface area contributed by atoms with Gasteiger partial charge in [0.05, 0.1) is 6.61 Å². The number of ketones is 1. The molecule has 0 aliphatic rings. The second-order valence-corrected chi connectivity index (χ2v) is 5.95. The van der Waals surface area contributed by atoms with Crippen LogP contribution < -0.4 is 4.74 Å². The molecule has 0 bridgehead atoms. The SMILES string of the molecule is CCOc1ccc(C(C)=O)cc1CN(C)C(C)c1ccc(F)cc1. The number of rotatable bonds is 7. The summed E-state index contributed by atoms with van der Waals surface area (Å²) >= 11 is 0. The largest absolute Gasteiger partial charge is 0.494 e. The molecule has 0 radical (unpaired) electrons.